The van der Waals surface area contributed by atoms with Gasteiger partial charge >= 0.3 is 0 Å². The fourth-order valence-corrected chi connectivity index (χ4v) is 1.75. The van der Waals surface area contributed by atoms with E-state index in [1.807, 2.05) is 13.8 Å². The Balaban J connectivity index is 2.49. The molecule has 0 aliphatic rings. The molecule has 15 heavy (non-hydrogen) atoms. The first-order valence-corrected chi connectivity index (χ1v) is 5.17. The molecule has 1 aromatic carbocycles. The minimum Gasteiger partial charge on any atom is -0.258 e. The number of aromatic nitrogens is 1. The van der Waals surface area contributed by atoms with Crippen LogP contribution in [0.5, 0.6) is 0 Å². The molecule has 0 bridgehead atoms. The van der Waals surface area contributed by atoms with Gasteiger partial charge in [-0.3, -0.25) is 4.98 Å². The third-order valence-corrected chi connectivity index (χ3v) is 2.47. The summed E-state index contributed by atoms with van der Waals surface area (Å²) in [5.74, 6) is 0. The highest BCUT2D eigenvalue weighted by atomic mass is 14.7. The van der Waals surface area contributed by atoms with E-state index < -0.39 is 0 Å². The van der Waals surface area contributed by atoms with E-state index in [1.54, 1.807) is 0 Å². The van der Waals surface area contributed by atoms with Crippen molar-refractivity contribution in [2.24, 2.45) is 0 Å². The Hall–Kier alpha value is -1.57. The topological polar surface area (TPSA) is 12.9 Å². The summed E-state index contributed by atoms with van der Waals surface area (Å²) < 4.78 is 0. The zero-order chi connectivity index (χ0) is 10.8. The zero-order valence-electron chi connectivity index (χ0n) is 9.41. The Morgan fingerprint density at radius 3 is 1.93 bits per heavy atom. The summed E-state index contributed by atoms with van der Waals surface area (Å²) in [5.41, 5.74) is 5.95. The molecule has 1 heterocycles. The summed E-state index contributed by atoms with van der Waals surface area (Å²) in [6.45, 7) is 4.06. The lowest BCUT2D eigenvalue weighted by Gasteiger charge is -2.04. The van der Waals surface area contributed by atoms with Gasteiger partial charge in [0, 0.05) is 11.4 Å². The maximum Gasteiger partial charge on any atom is 0.139 e. The summed E-state index contributed by atoms with van der Waals surface area (Å²) in [5, 5.41) is 0. The molecule has 0 radical (unpaired) electrons. The van der Waals surface area contributed by atoms with E-state index >= 15 is 0 Å². The van der Waals surface area contributed by atoms with Crippen LogP contribution >= 0.6 is 0 Å². The Morgan fingerprint density at radius 2 is 1.40 bits per heavy atom. The predicted octanol–water partition coefficient (Wildman–Crippen LogP) is 1.62. The third-order valence-electron chi connectivity index (χ3n) is 2.47. The van der Waals surface area contributed by atoms with Crippen molar-refractivity contribution in [2.45, 2.75) is 13.8 Å². The lowest BCUT2D eigenvalue weighted by atomic mass is 9.93. The molecule has 0 amide bonds. The van der Waals surface area contributed by atoms with Gasteiger partial charge in [0.2, 0.25) is 0 Å². The van der Waals surface area contributed by atoms with E-state index in [4.69, 9.17) is 0 Å². The second kappa shape index (κ2) is 3.89. The summed E-state index contributed by atoms with van der Waals surface area (Å²) >= 11 is 0. The maximum atomic E-state index is 4.38. The molecule has 0 fully saturated rings. The van der Waals surface area contributed by atoms with Crippen LogP contribution < -0.4 is 5.46 Å². The van der Waals surface area contributed by atoms with E-state index in [0.29, 0.717) is 0 Å². The standard InChI is InChI=1S/C13H14BN/c1-9-7-12(8-10(2)15-9)11-3-5-13(14)6-4-11/h3-8H,14H2,1-2H3. The molecule has 0 N–H and O–H groups in total. The minimum absolute atomic E-state index is 1.07. The van der Waals surface area contributed by atoms with E-state index in [2.05, 4.69) is 49.2 Å². The predicted molar refractivity (Wildman–Crippen MR) is 67.3 cm³/mol. The SMILES string of the molecule is Bc1ccc(-c2cc(C)nc(C)c2)cc1. The molecule has 2 rings (SSSR count). The number of hydrogen-bond donors (Lipinski definition) is 0. The van der Waals surface area contributed by atoms with Crippen LogP contribution in [0.2, 0.25) is 0 Å². The molecule has 0 atom stereocenters. The van der Waals surface area contributed by atoms with Crippen molar-refractivity contribution >= 4 is 13.3 Å². The van der Waals surface area contributed by atoms with Gasteiger partial charge in [-0.05, 0) is 37.1 Å². The smallest absolute Gasteiger partial charge is 0.139 e. The molecular formula is C13H14BN. The number of hydrogen-bond acceptors (Lipinski definition) is 1. The number of benzene rings is 1. The van der Waals surface area contributed by atoms with Crippen LogP contribution in [0.25, 0.3) is 11.1 Å². The van der Waals surface area contributed by atoms with Gasteiger partial charge in [0.1, 0.15) is 7.85 Å². The molecule has 1 aromatic heterocycles. The van der Waals surface area contributed by atoms with Crippen molar-refractivity contribution in [1.29, 1.82) is 0 Å². The second-order valence-electron chi connectivity index (χ2n) is 4.00. The quantitative estimate of drug-likeness (QED) is 0.630. The van der Waals surface area contributed by atoms with Crippen LogP contribution in [0.4, 0.5) is 0 Å². The maximum absolute atomic E-state index is 4.38. The molecule has 0 aliphatic heterocycles. The van der Waals surface area contributed by atoms with Crippen molar-refractivity contribution < 1.29 is 0 Å². The van der Waals surface area contributed by atoms with Gasteiger partial charge in [0.05, 0.1) is 0 Å². The molecule has 0 saturated carbocycles. The summed E-state index contributed by atoms with van der Waals surface area (Å²) in [7, 11) is 2.10. The largest absolute Gasteiger partial charge is 0.258 e. The fourth-order valence-electron chi connectivity index (χ4n) is 1.75. The van der Waals surface area contributed by atoms with Gasteiger partial charge in [0.25, 0.3) is 0 Å². The molecule has 1 nitrogen and oxygen atoms in total. The van der Waals surface area contributed by atoms with E-state index in [-0.39, 0.29) is 0 Å². The first-order chi connectivity index (χ1) is 7.15. The Bertz CT molecular complexity index is 454. The second-order valence-corrected chi connectivity index (χ2v) is 4.00. The normalized spacial score (nSPS) is 10.3. The highest BCUT2D eigenvalue weighted by Gasteiger charge is 1.99. The van der Waals surface area contributed by atoms with Crippen molar-refractivity contribution in [3.8, 4) is 11.1 Å². The summed E-state index contributed by atoms with van der Waals surface area (Å²) in [4.78, 5) is 4.38. The Morgan fingerprint density at radius 1 is 0.867 bits per heavy atom. The molecule has 0 saturated heterocycles. The third kappa shape index (κ3) is 2.27. The number of rotatable bonds is 1. The molecule has 0 unspecified atom stereocenters. The molecule has 0 spiro atoms. The molecule has 2 aromatic rings. The molecule has 2 heteroatoms. The van der Waals surface area contributed by atoms with E-state index in [9.17, 15) is 0 Å². The van der Waals surface area contributed by atoms with Crippen LogP contribution in [0.3, 0.4) is 0 Å². The van der Waals surface area contributed by atoms with Gasteiger partial charge < -0.3 is 0 Å². The molecular weight excluding hydrogens is 181 g/mol. The lowest BCUT2D eigenvalue weighted by molar-refractivity contribution is 1.12. The van der Waals surface area contributed by atoms with Crippen LogP contribution in [0.1, 0.15) is 11.4 Å². The monoisotopic (exact) mass is 195 g/mol. The molecule has 74 valence electrons. The highest BCUT2D eigenvalue weighted by Crippen LogP contribution is 2.19. The first-order valence-electron chi connectivity index (χ1n) is 5.17. The zero-order valence-corrected chi connectivity index (χ0v) is 9.41. The summed E-state index contributed by atoms with van der Waals surface area (Å²) in [6.07, 6.45) is 0. The number of aryl methyl sites for hydroxylation is 2. The average Bonchev–Trinajstić information content (AvgIpc) is 2.17. The fraction of sp³-hybridized carbons (Fsp3) is 0.154. The van der Waals surface area contributed by atoms with Crippen molar-refractivity contribution in [2.75, 3.05) is 0 Å². The van der Waals surface area contributed by atoms with Crippen LogP contribution in [-0.4, -0.2) is 12.8 Å². The minimum atomic E-state index is 1.07. The molecule has 0 aliphatic carbocycles. The van der Waals surface area contributed by atoms with Crippen molar-refractivity contribution in [1.82, 2.24) is 4.98 Å². The van der Waals surface area contributed by atoms with Crippen LogP contribution in [0.15, 0.2) is 36.4 Å². The van der Waals surface area contributed by atoms with Crippen molar-refractivity contribution in [3.05, 3.63) is 47.8 Å². The highest BCUT2D eigenvalue weighted by molar-refractivity contribution is 6.32. The van der Waals surface area contributed by atoms with E-state index in [1.165, 1.54) is 16.6 Å². The van der Waals surface area contributed by atoms with Gasteiger partial charge in [-0.25, -0.2) is 0 Å². The van der Waals surface area contributed by atoms with E-state index in [0.717, 1.165) is 11.4 Å². The number of pyridine rings is 1. The number of nitrogens with zero attached hydrogens (tertiary/aromatic N) is 1. The van der Waals surface area contributed by atoms with Crippen LogP contribution in [-0.2, 0) is 0 Å². The first kappa shape index (κ1) is 9.97. The van der Waals surface area contributed by atoms with Gasteiger partial charge in [-0.2, -0.15) is 0 Å². The van der Waals surface area contributed by atoms with Crippen molar-refractivity contribution in [3.63, 3.8) is 0 Å². The van der Waals surface area contributed by atoms with Gasteiger partial charge in [-0.15, -0.1) is 0 Å². The summed E-state index contributed by atoms with van der Waals surface area (Å²) in [6, 6.07) is 12.8. The van der Waals surface area contributed by atoms with Gasteiger partial charge in [-0.1, -0.05) is 29.7 Å². The average molecular weight is 195 g/mol. The Labute approximate surface area is 91.6 Å². The Kier molecular flexibility index (Phi) is 2.59. The van der Waals surface area contributed by atoms with Gasteiger partial charge in [0.15, 0.2) is 0 Å². The lowest BCUT2D eigenvalue weighted by Crippen LogP contribution is -1.99. The van der Waals surface area contributed by atoms with Crippen LogP contribution in [0, 0.1) is 13.8 Å².